The van der Waals surface area contributed by atoms with Crippen molar-refractivity contribution >= 4 is 23.0 Å². The van der Waals surface area contributed by atoms with Crippen LogP contribution in [-0.2, 0) is 0 Å². The maximum Gasteiger partial charge on any atom is 0.274 e. The van der Waals surface area contributed by atoms with E-state index in [1.165, 1.54) is 0 Å². The highest BCUT2D eigenvalue weighted by atomic mass is 16.7. The predicted molar refractivity (Wildman–Crippen MR) is 94.5 cm³/mol. The van der Waals surface area contributed by atoms with Gasteiger partial charge in [0.15, 0.2) is 11.5 Å². The molecule has 0 aliphatic carbocycles. The second-order valence-electron chi connectivity index (χ2n) is 5.44. The first-order valence-corrected chi connectivity index (χ1v) is 7.77. The van der Waals surface area contributed by atoms with Gasteiger partial charge in [-0.2, -0.15) is 0 Å². The maximum atomic E-state index is 12.3. The molecule has 0 saturated heterocycles. The van der Waals surface area contributed by atoms with Gasteiger partial charge in [0.1, 0.15) is 5.69 Å². The molecular formula is C19H15N3O3. The van der Waals surface area contributed by atoms with Crippen LogP contribution in [0.5, 0.6) is 11.5 Å². The van der Waals surface area contributed by atoms with Crippen molar-refractivity contribution in [3.05, 3.63) is 72.6 Å². The predicted octanol–water partition coefficient (Wildman–Crippen LogP) is 3.81. The van der Waals surface area contributed by atoms with E-state index in [0.29, 0.717) is 11.4 Å². The Bertz CT molecular complexity index is 913. The molecule has 2 heterocycles. The Morgan fingerprint density at radius 3 is 2.56 bits per heavy atom. The average molecular weight is 333 g/mol. The largest absolute Gasteiger partial charge is 0.454 e. The third-order valence-electron chi connectivity index (χ3n) is 3.69. The molecule has 0 radical (unpaired) electrons. The number of benzene rings is 2. The van der Waals surface area contributed by atoms with Crippen molar-refractivity contribution in [2.75, 3.05) is 17.4 Å². The SMILES string of the molecule is O=C(Nc1ccccc1)c1cc(Nc2ccc3c(c2)OCO3)ccn1. The first-order valence-electron chi connectivity index (χ1n) is 7.77. The molecule has 0 unspecified atom stereocenters. The lowest BCUT2D eigenvalue weighted by molar-refractivity contribution is 0.102. The average Bonchev–Trinajstić information content (AvgIpc) is 3.10. The molecule has 1 amide bonds. The van der Waals surface area contributed by atoms with E-state index >= 15 is 0 Å². The summed E-state index contributed by atoms with van der Waals surface area (Å²) in [5, 5.41) is 6.05. The summed E-state index contributed by atoms with van der Waals surface area (Å²) >= 11 is 0. The number of nitrogens with one attached hydrogen (secondary N) is 2. The molecule has 124 valence electrons. The minimum atomic E-state index is -0.263. The Balaban J connectivity index is 1.50. The van der Waals surface area contributed by atoms with Gasteiger partial charge in [-0.25, -0.2) is 0 Å². The second kappa shape index (κ2) is 6.52. The molecule has 2 N–H and O–H groups in total. The van der Waals surface area contributed by atoms with Crippen molar-refractivity contribution < 1.29 is 14.3 Å². The highest BCUT2D eigenvalue weighted by molar-refractivity contribution is 6.03. The first-order chi connectivity index (χ1) is 12.3. The van der Waals surface area contributed by atoms with Gasteiger partial charge >= 0.3 is 0 Å². The lowest BCUT2D eigenvalue weighted by Gasteiger charge is -2.09. The van der Waals surface area contributed by atoms with Gasteiger partial charge in [-0.1, -0.05) is 18.2 Å². The highest BCUT2D eigenvalue weighted by Gasteiger charge is 2.14. The molecule has 0 fully saturated rings. The fourth-order valence-corrected chi connectivity index (χ4v) is 2.49. The van der Waals surface area contributed by atoms with E-state index in [1.54, 1.807) is 18.3 Å². The van der Waals surface area contributed by atoms with Gasteiger partial charge in [0, 0.05) is 29.3 Å². The van der Waals surface area contributed by atoms with Crippen LogP contribution in [0.3, 0.4) is 0 Å². The summed E-state index contributed by atoms with van der Waals surface area (Å²) in [7, 11) is 0. The molecule has 1 aliphatic heterocycles. The molecule has 1 aliphatic rings. The number of fused-ring (bicyclic) bond motifs is 1. The number of carbonyl (C=O) groups excluding carboxylic acids is 1. The minimum Gasteiger partial charge on any atom is -0.454 e. The molecule has 4 rings (SSSR count). The fraction of sp³-hybridized carbons (Fsp3) is 0.0526. The van der Waals surface area contributed by atoms with Gasteiger partial charge in [-0.3, -0.25) is 9.78 Å². The number of carbonyl (C=O) groups is 1. The molecule has 3 aromatic rings. The summed E-state index contributed by atoms with van der Waals surface area (Å²) in [6.07, 6.45) is 1.59. The van der Waals surface area contributed by atoms with Gasteiger partial charge in [0.2, 0.25) is 6.79 Å². The van der Waals surface area contributed by atoms with Crippen LogP contribution in [-0.4, -0.2) is 17.7 Å². The van der Waals surface area contributed by atoms with Crippen LogP contribution in [0.25, 0.3) is 0 Å². The molecule has 25 heavy (non-hydrogen) atoms. The number of pyridine rings is 1. The summed E-state index contributed by atoms with van der Waals surface area (Å²) in [5.74, 6) is 1.16. The number of nitrogens with zero attached hydrogens (tertiary/aromatic N) is 1. The van der Waals surface area contributed by atoms with Crippen LogP contribution < -0.4 is 20.1 Å². The molecule has 1 aromatic heterocycles. The van der Waals surface area contributed by atoms with E-state index < -0.39 is 0 Å². The first kappa shape index (κ1) is 15.0. The summed E-state index contributed by atoms with van der Waals surface area (Å²) < 4.78 is 10.7. The fourth-order valence-electron chi connectivity index (χ4n) is 2.49. The van der Waals surface area contributed by atoms with E-state index in [9.17, 15) is 4.79 Å². The maximum absolute atomic E-state index is 12.3. The Kier molecular flexibility index (Phi) is 3.92. The number of hydrogen-bond acceptors (Lipinski definition) is 5. The molecule has 6 heteroatoms. The van der Waals surface area contributed by atoms with Crippen molar-refractivity contribution in [3.63, 3.8) is 0 Å². The van der Waals surface area contributed by atoms with Crippen molar-refractivity contribution in [2.45, 2.75) is 0 Å². The zero-order valence-electron chi connectivity index (χ0n) is 13.2. The number of anilines is 3. The number of ether oxygens (including phenoxy) is 2. The van der Waals surface area contributed by atoms with Crippen LogP contribution in [0.1, 0.15) is 10.5 Å². The molecular weight excluding hydrogens is 318 g/mol. The number of hydrogen-bond donors (Lipinski definition) is 2. The van der Waals surface area contributed by atoms with Gasteiger partial charge < -0.3 is 20.1 Å². The van der Waals surface area contributed by atoms with Crippen LogP contribution in [0.15, 0.2) is 66.9 Å². The molecule has 0 saturated carbocycles. The molecule has 0 bridgehead atoms. The van der Waals surface area contributed by atoms with Crippen LogP contribution in [0.4, 0.5) is 17.1 Å². The smallest absolute Gasteiger partial charge is 0.274 e. The van der Waals surface area contributed by atoms with Gasteiger partial charge in [-0.05, 0) is 36.4 Å². The molecule has 6 nitrogen and oxygen atoms in total. The van der Waals surface area contributed by atoms with E-state index in [0.717, 1.165) is 22.8 Å². The quantitative estimate of drug-likeness (QED) is 0.760. The summed E-state index contributed by atoms with van der Waals surface area (Å²) in [6.45, 7) is 0.234. The Morgan fingerprint density at radius 2 is 1.68 bits per heavy atom. The van der Waals surface area contributed by atoms with Crippen LogP contribution in [0, 0.1) is 0 Å². The normalized spacial score (nSPS) is 11.8. The Morgan fingerprint density at radius 1 is 0.880 bits per heavy atom. The van der Waals surface area contributed by atoms with Gasteiger partial charge in [0.05, 0.1) is 0 Å². The molecule has 0 spiro atoms. The summed E-state index contributed by atoms with van der Waals surface area (Å²) in [4.78, 5) is 16.5. The summed E-state index contributed by atoms with van der Waals surface area (Å²) in [5.41, 5.74) is 2.65. The minimum absolute atomic E-state index is 0.234. The van der Waals surface area contributed by atoms with Gasteiger partial charge in [0.25, 0.3) is 5.91 Å². The number of para-hydroxylation sites is 1. The monoisotopic (exact) mass is 333 g/mol. The van der Waals surface area contributed by atoms with Gasteiger partial charge in [-0.15, -0.1) is 0 Å². The number of amides is 1. The van der Waals surface area contributed by atoms with Crippen LogP contribution >= 0.6 is 0 Å². The second-order valence-corrected chi connectivity index (χ2v) is 5.44. The Hall–Kier alpha value is -3.54. The van der Waals surface area contributed by atoms with E-state index in [-0.39, 0.29) is 12.7 Å². The standard InChI is InChI=1S/C19H15N3O3/c23-19(22-13-4-2-1-3-5-13)16-10-15(8-9-20-16)21-14-6-7-17-18(11-14)25-12-24-17/h1-11H,12H2,(H,20,21)(H,22,23). The molecule has 2 aromatic carbocycles. The topological polar surface area (TPSA) is 72.5 Å². The highest BCUT2D eigenvalue weighted by Crippen LogP contribution is 2.35. The number of rotatable bonds is 4. The third kappa shape index (κ3) is 3.37. The van der Waals surface area contributed by atoms with E-state index in [2.05, 4.69) is 15.6 Å². The zero-order chi connectivity index (χ0) is 17.1. The van der Waals surface area contributed by atoms with Crippen molar-refractivity contribution in [1.82, 2.24) is 4.98 Å². The Labute approximate surface area is 144 Å². The lowest BCUT2D eigenvalue weighted by Crippen LogP contribution is -2.13. The van der Waals surface area contributed by atoms with Crippen LogP contribution in [0.2, 0.25) is 0 Å². The van der Waals surface area contributed by atoms with Crippen molar-refractivity contribution in [2.24, 2.45) is 0 Å². The molecule has 0 atom stereocenters. The number of aromatic nitrogens is 1. The van der Waals surface area contributed by atoms with E-state index in [4.69, 9.17) is 9.47 Å². The van der Waals surface area contributed by atoms with Crippen molar-refractivity contribution in [3.8, 4) is 11.5 Å². The lowest BCUT2D eigenvalue weighted by atomic mass is 10.2. The summed E-state index contributed by atoms with van der Waals surface area (Å²) in [6, 6.07) is 18.3. The van der Waals surface area contributed by atoms with E-state index in [1.807, 2.05) is 48.5 Å². The van der Waals surface area contributed by atoms with Crippen molar-refractivity contribution in [1.29, 1.82) is 0 Å². The third-order valence-corrected chi connectivity index (χ3v) is 3.69. The zero-order valence-corrected chi connectivity index (χ0v) is 13.2.